The van der Waals surface area contributed by atoms with Crippen LogP contribution in [0.2, 0.25) is 0 Å². The van der Waals surface area contributed by atoms with Gasteiger partial charge in [-0.25, -0.2) is 0 Å². The Hall–Kier alpha value is -1.10. The first-order valence-electron chi connectivity index (χ1n) is 3.17. The number of aromatic nitrogens is 3. The summed E-state index contributed by atoms with van der Waals surface area (Å²) >= 11 is 0. The van der Waals surface area contributed by atoms with Gasteiger partial charge in [0.2, 0.25) is 5.95 Å². The zero-order valence-corrected chi connectivity index (χ0v) is 5.83. The lowest BCUT2D eigenvalue weighted by molar-refractivity contribution is 0.652. The number of H-pyrrole nitrogens is 1. The van der Waals surface area contributed by atoms with Crippen LogP contribution in [-0.2, 0) is 0 Å². The van der Waals surface area contributed by atoms with E-state index in [0.29, 0.717) is 5.82 Å². The predicted octanol–water partition coefficient (Wildman–Crippen LogP) is -0.203. The highest BCUT2D eigenvalue weighted by atomic mass is 15.3. The number of hydrogen-bond donors (Lipinski definition) is 3. The molecular formula is C5H11N5. The Morgan fingerprint density at radius 1 is 1.70 bits per heavy atom. The Labute approximate surface area is 58.8 Å². The molecule has 5 nitrogen and oxygen atoms in total. The van der Waals surface area contributed by atoms with Crippen LogP contribution in [0.15, 0.2) is 0 Å². The van der Waals surface area contributed by atoms with Gasteiger partial charge in [-0.1, -0.05) is 6.92 Å². The molecule has 0 amide bonds. The summed E-state index contributed by atoms with van der Waals surface area (Å²) in [5.41, 5.74) is 10.9. The van der Waals surface area contributed by atoms with Crippen LogP contribution in [0.1, 0.15) is 25.2 Å². The normalized spacial score (nSPS) is 13.4. The minimum absolute atomic E-state index is 0.0789. The molecule has 10 heavy (non-hydrogen) atoms. The van der Waals surface area contributed by atoms with Gasteiger partial charge in [-0.05, 0) is 6.42 Å². The fraction of sp³-hybridized carbons (Fsp3) is 0.600. The number of anilines is 1. The van der Waals surface area contributed by atoms with Crippen LogP contribution in [0.5, 0.6) is 0 Å². The quantitative estimate of drug-likeness (QED) is 0.531. The lowest BCUT2D eigenvalue weighted by atomic mass is 10.2. The van der Waals surface area contributed by atoms with Gasteiger partial charge in [-0.3, -0.25) is 5.10 Å². The van der Waals surface area contributed by atoms with Crippen LogP contribution in [-0.4, -0.2) is 15.2 Å². The van der Waals surface area contributed by atoms with E-state index < -0.39 is 0 Å². The maximum Gasteiger partial charge on any atom is 0.239 e. The first-order valence-corrected chi connectivity index (χ1v) is 3.17. The lowest BCUT2D eigenvalue weighted by Gasteiger charge is -2.00. The van der Waals surface area contributed by atoms with Gasteiger partial charge in [-0.2, -0.15) is 4.98 Å². The highest BCUT2D eigenvalue weighted by Crippen LogP contribution is 2.07. The molecule has 1 atom stereocenters. The van der Waals surface area contributed by atoms with E-state index in [9.17, 15) is 0 Å². The van der Waals surface area contributed by atoms with Gasteiger partial charge in [0.05, 0.1) is 6.04 Å². The SMILES string of the molecule is CC[C@@H](N)c1nc(N)n[nH]1. The van der Waals surface area contributed by atoms with Gasteiger partial charge in [-0.15, -0.1) is 5.10 Å². The molecule has 0 aliphatic carbocycles. The predicted molar refractivity (Wildman–Crippen MR) is 38.0 cm³/mol. The maximum absolute atomic E-state index is 5.62. The molecule has 0 saturated carbocycles. The molecule has 0 radical (unpaired) electrons. The molecule has 0 aliphatic rings. The molecule has 1 aromatic rings. The van der Waals surface area contributed by atoms with Crippen LogP contribution in [0, 0.1) is 0 Å². The van der Waals surface area contributed by atoms with Crippen molar-refractivity contribution in [3.8, 4) is 0 Å². The zero-order chi connectivity index (χ0) is 7.56. The smallest absolute Gasteiger partial charge is 0.239 e. The average Bonchev–Trinajstić information content (AvgIpc) is 2.34. The molecule has 0 bridgehead atoms. The molecule has 5 N–H and O–H groups in total. The molecule has 5 heteroatoms. The van der Waals surface area contributed by atoms with Crippen LogP contribution >= 0.6 is 0 Å². The molecule has 0 unspecified atom stereocenters. The second-order valence-corrected chi connectivity index (χ2v) is 2.09. The van der Waals surface area contributed by atoms with E-state index in [0.717, 1.165) is 6.42 Å². The number of nitrogens with one attached hydrogen (secondary N) is 1. The fourth-order valence-corrected chi connectivity index (χ4v) is 0.647. The summed E-state index contributed by atoms with van der Waals surface area (Å²) in [4.78, 5) is 3.87. The van der Waals surface area contributed by atoms with Gasteiger partial charge < -0.3 is 11.5 Å². The molecule has 0 fully saturated rings. The van der Waals surface area contributed by atoms with Crippen molar-refractivity contribution in [1.29, 1.82) is 0 Å². The van der Waals surface area contributed by atoms with E-state index in [4.69, 9.17) is 11.5 Å². The molecule has 0 aliphatic heterocycles. The Bertz CT molecular complexity index is 206. The third-order valence-electron chi connectivity index (χ3n) is 1.31. The Balaban J connectivity index is 2.74. The summed E-state index contributed by atoms with van der Waals surface area (Å²) in [7, 11) is 0. The summed E-state index contributed by atoms with van der Waals surface area (Å²) in [5, 5.41) is 6.29. The topological polar surface area (TPSA) is 93.6 Å². The lowest BCUT2D eigenvalue weighted by Crippen LogP contribution is -2.10. The number of nitrogens with zero attached hydrogens (tertiary/aromatic N) is 2. The van der Waals surface area contributed by atoms with Gasteiger partial charge in [0.25, 0.3) is 0 Å². The molecule has 0 saturated heterocycles. The summed E-state index contributed by atoms with van der Waals surface area (Å²) in [6.07, 6.45) is 0.828. The zero-order valence-electron chi connectivity index (χ0n) is 5.83. The summed E-state index contributed by atoms with van der Waals surface area (Å²) in [5.74, 6) is 0.902. The monoisotopic (exact) mass is 141 g/mol. The van der Waals surface area contributed by atoms with E-state index in [1.165, 1.54) is 0 Å². The Morgan fingerprint density at radius 3 is 2.80 bits per heavy atom. The second kappa shape index (κ2) is 2.66. The van der Waals surface area contributed by atoms with Crippen LogP contribution in [0.25, 0.3) is 0 Å². The first kappa shape index (κ1) is 7.01. The third kappa shape index (κ3) is 1.24. The van der Waals surface area contributed by atoms with E-state index in [2.05, 4.69) is 15.2 Å². The molecule has 0 spiro atoms. The third-order valence-corrected chi connectivity index (χ3v) is 1.31. The Kier molecular flexibility index (Phi) is 1.86. The van der Waals surface area contributed by atoms with Crippen molar-refractivity contribution in [2.45, 2.75) is 19.4 Å². The molecule has 1 heterocycles. The molecule has 1 rings (SSSR count). The van der Waals surface area contributed by atoms with Crippen molar-refractivity contribution in [2.75, 3.05) is 5.73 Å². The molecule has 1 aromatic heterocycles. The standard InChI is InChI=1S/C5H11N5/c1-2-3(6)4-8-5(7)10-9-4/h3H,2,6H2,1H3,(H3,7,8,9,10)/t3-/m1/s1. The molecule has 56 valence electrons. The summed E-state index contributed by atoms with van der Waals surface area (Å²) in [6, 6.07) is -0.0789. The Morgan fingerprint density at radius 2 is 2.40 bits per heavy atom. The van der Waals surface area contributed by atoms with Crippen molar-refractivity contribution in [2.24, 2.45) is 5.73 Å². The van der Waals surface area contributed by atoms with Crippen molar-refractivity contribution in [3.05, 3.63) is 5.82 Å². The molecule has 0 aromatic carbocycles. The number of nitrogen functional groups attached to an aromatic ring is 1. The average molecular weight is 141 g/mol. The van der Waals surface area contributed by atoms with Gasteiger partial charge in [0.15, 0.2) is 0 Å². The highest BCUT2D eigenvalue weighted by Gasteiger charge is 2.06. The van der Waals surface area contributed by atoms with Crippen LogP contribution < -0.4 is 11.5 Å². The minimum atomic E-state index is -0.0789. The minimum Gasteiger partial charge on any atom is -0.367 e. The van der Waals surface area contributed by atoms with Crippen molar-refractivity contribution in [3.63, 3.8) is 0 Å². The van der Waals surface area contributed by atoms with E-state index in [1.807, 2.05) is 6.92 Å². The first-order chi connectivity index (χ1) is 4.74. The largest absolute Gasteiger partial charge is 0.367 e. The van der Waals surface area contributed by atoms with Crippen LogP contribution in [0.3, 0.4) is 0 Å². The fourth-order valence-electron chi connectivity index (χ4n) is 0.647. The number of rotatable bonds is 2. The summed E-state index contributed by atoms with van der Waals surface area (Å²) in [6.45, 7) is 1.98. The van der Waals surface area contributed by atoms with E-state index in [1.54, 1.807) is 0 Å². The molecular weight excluding hydrogens is 130 g/mol. The number of aromatic amines is 1. The summed E-state index contributed by atoms with van der Waals surface area (Å²) < 4.78 is 0. The van der Waals surface area contributed by atoms with E-state index >= 15 is 0 Å². The number of hydrogen-bond acceptors (Lipinski definition) is 4. The van der Waals surface area contributed by atoms with Crippen molar-refractivity contribution in [1.82, 2.24) is 15.2 Å². The second-order valence-electron chi connectivity index (χ2n) is 2.09. The van der Waals surface area contributed by atoms with Crippen molar-refractivity contribution < 1.29 is 0 Å². The van der Waals surface area contributed by atoms with Gasteiger partial charge in [0.1, 0.15) is 5.82 Å². The van der Waals surface area contributed by atoms with Gasteiger partial charge in [0, 0.05) is 0 Å². The van der Waals surface area contributed by atoms with Gasteiger partial charge >= 0.3 is 0 Å². The van der Waals surface area contributed by atoms with Crippen molar-refractivity contribution >= 4 is 5.95 Å². The van der Waals surface area contributed by atoms with Crippen LogP contribution in [0.4, 0.5) is 5.95 Å². The number of nitrogens with two attached hydrogens (primary N) is 2. The maximum atomic E-state index is 5.62. The highest BCUT2D eigenvalue weighted by molar-refractivity contribution is 5.13. The van der Waals surface area contributed by atoms with E-state index in [-0.39, 0.29) is 12.0 Å².